The molecule has 0 amide bonds. The van der Waals surface area contributed by atoms with E-state index in [9.17, 15) is 5.11 Å². The van der Waals surface area contributed by atoms with Gasteiger partial charge < -0.3 is 9.67 Å². The summed E-state index contributed by atoms with van der Waals surface area (Å²) in [6, 6.07) is 0. The van der Waals surface area contributed by atoms with Gasteiger partial charge in [0.15, 0.2) is 0 Å². The molecule has 0 aliphatic heterocycles. The quantitative estimate of drug-likeness (QED) is 0.768. The molecule has 1 rings (SSSR count). The Kier molecular flexibility index (Phi) is 3.82. The van der Waals surface area contributed by atoms with E-state index < -0.39 is 5.60 Å². The van der Waals surface area contributed by atoms with E-state index >= 15 is 0 Å². The molecule has 0 bridgehead atoms. The Hall–Kier alpha value is -0.940. The Morgan fingerprint density at radius 2 is 2.20 bits per heavy atom. The van der Waals surface area contributed by atoms with Gasteiger partial charge in [0, 0.05) is 13.6 Å². The third-order valence-corrected chi connectivity index (χ3v) is 2.23. The first-order chi connectivity index (χ1) is 6.92. The highest BCUT2D eigenvalue weighted by atomic mass is 16.3. The van der Waals surface area contributed by atoms with Crippen LogP contribution in [0.1, 0.15) is 26.6 Å². The van der Waals surface area contributed by atoms with Crippen molar-refractivity contribution in [2.75, 3.05) is 13.1 Å². The number of hydrogen-bond donors (Lipinski definition) is 1. The summed E-state index contributed by atoms with van der Waals surface area (Å²) >= 11 is 0. The molecule has 86 valence electrons. The standard InChI is InChI=1S/C10H20N4O/c1-5-14(7-10(2,3)15)6-9-12-11-8-13(9)4/h8,15H,5-7H2,1-4H3. The molecule has 0 saturated carbocycles. The van der Waals surface area contributed by atoms with Crippen LogP contribution in [0.25, 0.3) is 0 Å². The van der Waals surface area contributed by atoms with Crippen LogP contribution >= 0.6 is 0 Å². The lowest BCUT2D eigenvalue weighted by molar-refractivity contribution is 0.0343. The van der Waals surface area contributed by atoms with E-state index in [4.69, 9.17) is 0 Å². The minimum atomic E-state index is -0.672. The van der Waals surface area contributed by atoms with Gasteiger partial charge in [-0.2, -0.15) is 0 Å². The van der Waals surface area contributed by atoms with Gasteiger partial charge in [0.05, 0.1) is 12.1 Å². The van der Waals surface area contributed by atoms with Crippen molar-refractivity contribution in [1.82, 2.24) is 19.7 Å². The van der Waals surface area contributed by atoms with Crippen molar-refractivity contribution in [2.45, 2.75) is 32.9 Å². The summed E-state index contributed by atoms with van der Waals surface area (Å²) in [5, 5.41) is 17.6. The highest BCUT2D eigenvalue weighted by molar-refractivity contribution is 4.85. The van der Waals surface area contributed by atoms with E-state index in [2.05, 4.69) is 22.0 Å². The molecule has 0 fully saturated rings. The van der Waals surface area contributed by atoms with Crippen molar-refractivity contribution in [3.8, 4) is 0 Å². The third-order valence-electron chi connectivity index (χ3n) is 2.23. The zero-order chi connectivity index (χ0) is 11.5. The van der Waals surface area contributed by atoms with Gasteiger partial charge in [-0.25, -0.2) is 0 Å². The molecular formula is C10H20N4O. The Balaban J connectivity index is 2.58. The number of hydrogen-bond acceptors (Lipinski definition) is 4. The monoisotopic (exact) mass is 212 g/mol. The molecule has 0 saturated heterocycles. The van der Waals surface area contributed by atoms with Gasteiger partial charge in [0.25, 0.3) is 0 Å². The molecule has 0 spiro atoms. The summed E-state index contributed by atoms with van der Waals surface area (Å²) in [4.78, 5) is 2.14. The predicted molar refractivity (Wildman–Crippen MR) is 58.3 cm³/mol. The Labute approximate surface area is 90.7 Å². The largest absolute Gasteiger partial charge is 0.389 e. The maximum absolute atomic E-state index is 9.73. The molecule has 0 unspecified atom stereocenters. The molecule has 0 radical (unpaired) electrons. The van der Waals surface area contributed by atoms with Crippen molar-refractivity contribution in [3.63, 3.8) is 0 Å². The zero-order valence-corrected chi connectivity index (χ0v) is 9.93. The highest BCUT2D eigenvalue weighted by Crippen LogP contribution is 2.07. The minimum Gasteiger partial charge on any atom is -0.389 e. The van der Waals surface area contributed by atoms with Crippen LogP contribution in [-0.2, 0) is 13.6 Å². The summed E-state index contributed by atoms with van der Waals surface area (Å²) in [5.41, 5.74) is -0.672. The van der Waals surface area contributed by atoms with Gasteiger partial charge in [-0.15, -0.1) is 10.2 Å². The summed E-state index contributed by atoms with van der Waals surface area (Å²) in [5.74, 6) is 0.918. The summed E-state index contributed by atoms with van der Waals surface area (Å²) in [6.07, 6.45) is 1.69. The average molecular weight is 212 g/mol. The van der Waals surface area contributed by atoms with Gasteiger partial charge in [-0.3, -0.25) is 4.90 Å². The second-order valence-corrected chi connectivity index (χ2v) is 4.47. The molecule has 5 heteroatoms. The number of rotatable bonds is 5. The van der Waals surface area contributed by atoms with E-state index in [1.165, 1.54) is 0 Å². The van der Waals surface area contributed by atoms with Gasteiger partial charge in [-0.1, -0.05) is 6.92 Å². The fourth-order valence-electron chi connectivity index (χ4n) is 1.48. The van der Waals surface area contributed by atoms with E-state index in [-0.39, 0.29) is 0 Å². The van der Waals surface area contributed by atoms with E-state index in [0.29, 0.717) is 6.54 Å². The van der Waals surface area contributed by atoms with Gasteiger partial charge >= 0.3 is 0 Å². The van der Waals surface area contributed by atoms with E-state index in [1.807, 2.05) is 25.5 Å². The fourth-order valence-corrected chi connectivity index (χ4v) is 1.48. The Morgan fingerprint density at radius 3 is 2.60 bits per heavy atom. The number of likely N-dealkylation sites (N-methyl/N-ethyl adjacent to an activating group) is 1. The lowest BCUT2D eigenvalue weighted by atomic mass is 10.1. The predicted octanol–water partition coefficient (Wildman–Crippen LogP) is 0.408. The summed E-state index contributed by atoms with van der Waals surface area (Å²) in [6.45, 7) is 7.94. The average Bonchev–Trinajstić information content (AvgIpc) is 2.48. The molecule has 5 nitrogen and oxygen atoms in total. The normalized spacial score (nSPS) is 12.4. The van der Waals surface area contributed by atoms with Crippen molar-refractivity contribution in [3.05, 3.63) is 12.2 Å². The molecule has 1 aromatic heterocycles. The topological polar surface area (TPSA) is 54.2 Å². The maximum Gasteiger partial charge on any atom is 0.146 e. The molecule has 0 atom stereocenters. The molecule has 15 heavy (non-hydrogen) atoms. The lowest BCUT2D eigenvalue weighted by Crippen LogP contribution is -2.38. The first-order valence-corrected chi connectivity index (χ1v) is 5.20. The lowest BCUT2D eigenvalue weighted by Gasteiger charge is -2.27. The van der Waals surface area contributed by atoms with Crippen molar-refractivity contribution in [1.29, 1.82) is 0 Å². The van der Waals surface area contributed by atoms with Crippen LogP contribution in [0.5, 0.6) is 0 Å². The van der Waals surface area contributed by atoms with Crippen LogP contribution in [0.15, 0.2) is 6.33 Å². The van der Waals surface area contributed by atoms with Crippen molar-refractivity contribution >= 4 is 0 Å². The molecule has 0 aromatic carbocycles. The number of nitrogens with zero attached hydrogens (tertiary/aromatic N) is 4. The van der Waals surface area contributed by atoms with Crippen LogP contribution in [-0.4, -0.2) is 43.5 Å². The third kappa shape index (κ3) is 3.97. The molecule has 1 heterocycles. The second-order valence-electron chi connectivity index (χ2n) is 4.47. The number of aliphatic hydroxyl groups is 1. The van der Waals surface area contributed by atoms with Crippen LogP contribution in [0.4, 0.5) is 0 Å². The number of aromatic nitrogens is 3. The van der Waals surface area contributed by atoms with Crippen LogP contribution in [0, 0.1) is 0 Å². The summed E-state index contributed by atoms with van der Waals surface area (Å²) in [7, 11) is 1.92. The van der Waals surface area contributed by atoms with Crippen molar-refractivity contribution < 1.29 is 5.11 Å². The molecule has 1 N–H and O–H groups in total. The van der Waals surface area contributed by atoms with Gasteiger partial charge in [0.2, 0.25) is 0 Å². The van der Waals surface area contributed by atoms with Gasteiger partial charge in [-0.05, 0) is 20.4 Å². The molecular weight excluding hydrogens is 192 g/mol. The van der Waals surface area contributed by atoms with E-state index in [1.54, 1.807) is 6.33 Å². The molecule has 0 aliphatic rings. The Bertz CT molecular complexity index is 303. The minimum absolute atomic E-state index is 0.635. The van der Waals surface area contributed by atoms with E-state index in [0.717, 1.165) is 18.9 Å². The first-order valence-electron chi connectivity index (χ1n) is 5.20. The van der Waals surface area contributed by atoms with Crippen molar-refractivity contribution in [2.24, 2.45) is 7.05 Å². The fraction of sp³-hybridized carbons (Fsp3) is 0.800. The smallest absolute Gasteiger partial charge is 0.146 e. The van der Waals surface area contributed by atoms with Crippen LogP contribution < -0.4 is 0 Å². The van der Waals surface area contributed by atoms with Crippen LogP contribution in [0.2, 0.25) is 0 Å². The molecule has 0 aliphatic carbocycles. The first kappa shape index (κ1) is 12.1. The molecule has 1 aromatic rings. The maximum atomic E-state index is 9.73. The second kappa shape index (κ2) is 4.72. The summed E-state index contributed by atoms with van der Waals surface area (Å²) < 4.78 is 1.90. The van der Waals surface area contributed by atoms with Gasteiger partial charge in [0.1, 0.15) is 12.2 Å². The zero-order valence-electron chi connectivity index (χ0n) is 9.93. The SMILES string of the molecule is CCN(Cc1nncn1C)CC(C)(C)O. The van der Waals surface area contributed by atoms with Crippen LogP contribution in [0.3, 0.4) is 0 Å². The highest BCUT2D eigenvalue weighted by Gasteiger charge is 2.18. The number of aryl methyl sites for hydroxylation is 1. The Morgan fingerprint density at radius 1 is 1.53 bits per heavy atom.